The Balaban J connectivity index is 1.86. The van der Waals surface area contributed by atoms with Gasteiger partial charge in [-0.3, -0.25) is 4.79 Å². The fourth-order valence-electron chi connectivity index (χ4n) is 2.73. The number of hydrogen-bond donors (Lipinski definition) is 2. The van der Waals surface area contributed by atoms with Gasteiger partial charge in [0.25, 0.3) is 0 Å². The van der Waals surface area contributed by atoms with E-state index in [1.54, 1.807) is 48.5 Å². The van der Waals surface area contributed by atoms with E-state index < -0.39 is 10.0 Å². The topological polar surface area (TPSA) is 108 Å². The average molecular weight is 447 g/mol. The lowest BCUT2D eigenvalue weighted by molar-refractivity contribution is -0.115. The van der Waals surface area contributed by atoms with E-state index in [2.05, 4.69) is 5.32 Å². The molecule has 0 saturated carbocycles. The average Bonchev–Trinajstić information content (AvgIpc) is 2.70. The second kappa shape index (κ2) is 9.17. The number of primary sulfonamides is 1. The number of carbonyl (C=O) groups is 1. The number of hydrogen-bond acceptors (Lipinski definition) is 5. The van der Waals surface area contributed by atoms with Crippen LogP contribution in [0.3, 0.4) is 0 Å². The molecule has 0 unspecified atom stereocenters. The molecule has 0 radical (unpaired) electrons. The number of nitrogens with two attached hydrogens (primary N) is 1. The van der Waals surface area contributed by atoms with E-state index in [0.717, 1.165) is 0 Å². The summed E-state index contributed by atoms with van der Waals surface area (Å²) in [4.78, 5) is 12.1. The summed E-state index contributed by atoms with van der Waals surface area (Å²) >= 11 is 6.08. The number of halogens is 1. The number of sulfonamides is 1. The third-order valence-electron chi connectivity index (χ3n) is 4.13. The van der Waals surface area contributed by atoms with Crippen molar-refractivity contribution in [3.05, 3.63) is 77.3 Å². The molecule has 9 heteroatoms. The van der Waals surface area contributed by atoms with Gasteiger partial charge in [-0.05, 0) is 42.0 Å². The summed E-state index contributed by atoms with van der Waals surface area (Å²) in [5.41, 5.74) is 0.905. The minimum Gasteiger partial charge on any atom is -0.493 e. The standard InChI is InChI=1S/C21H19ClN2O5S/c1-28-17-8-4-5-9-18(17)29-19-11-10-15(13-20(19)30(23,26)27)24-21(25)12-14-6-2-3-7-16(14)22/h2-11,13H,12H2,1H3,(H,24,25)(H2,23,26,27). The molecule has 0 aliphatic heterocycles. The summed E-state index contributed by atoms with van der Waals surface area (Å²) in [6.07, 6.45) is 0.0316. The van der Waals surface area contributed by atoms with Crippen molar-refractivity contribution >= 4 is 33.2 Å². The molecule has 0 bridgehead atoms. The number of rotatable bonds is 7. The molecule has 0 aliphatic carbocycles. The first kappa shape index (κ1) is 21.6. The third-order valence-corrected chi connectivity index (χ3v) is 5.43. The molecule has 3 rings (SSSR count). The smallest absolute Gasteiger partial charge is 0.241 e. The second-order valence-electron chi connectivity index (χ2n) is 6.28. The van der Waals surface area contributed by atoms with Crippen LogP contribution >= 0.6 is 11.6 Å². The zero-order valence-electron chi connectivity index (χ0n) is 16.0. The number of ether oxygens (including phenoxy) is 2. The quantitative estimate of drug-likeness (QED) is 0.571. The van der Waals surface area contributed by atoms with E-state index in [0.29, 0.717) is 22.1 Å². The van der Waals surface area contributed by atoms with Gasteiger partial charge in [0.05, 0.1) is 13.5 Å². The molecule has 156 valence electrons. The molecule has 0 aromatic heterocycles. The summed E-state index contributed by atoms with van der Waals surface area (Å²) < 4.78 is 35.1. The van der Waals surface area contributed by atoms with Gasteiger partial charge in [0.1, 0.15) is 10.6 Å². The van der Waals surface area contributed by atoms with Crippen molar-refractivity contribution in [2.75, 3.05) is 12.4 Å². The van der Waals surface area contributed by atoms with Crippen LogP contribution in [0.15, 0.2) is 71.6 Å². The molecule has 0 spiro atoms. The van der Waals surface area contributed by atoms with Gasteiger partial charge in [-0.1, -0.05) is 41.9 Å². The fraction of sp³-hybridized carbons (Fsp3) is 0.0952. The Hall–Kier alpha value is -3.07. The number of nitrogens with one attached hydrogen (secondary N) is 1. The molecule has 0 atom stereocenters. The van der Waals surface area contributed by atoms with Crippen LogP contribution in [0, 0.1) is 0 Å². The first-order chi connectivity index (χ1) is 14.3. The van der Waals surface area contributed by atoms with Crippen molar-refractivity contribution in [2.45, 2.75) is 11.3 Å². The highest BCUT2D eigenvalue weighted by molar-refractivity contribution is 7.89. The SMILES string of the molecule is COc1ccccc1Oc1ccc(NC(=O)Cc2ccccc2Cl)cc1S(N)(=O)=O. The van der Waals surface area contributed by atoms with E-state index in [4.69, 9.17) is 26.2 Å². The number of amides is 1. The van der Waals surface area contributed by atoms with E-state index in [1.807, 2.05) is 0 Å². The normalized spacial score (nSPS) is 11.0. The van der Waals surface area contributed by atoms with Crippen LogP contribution < -0.4 is 19.9 Å². The maximum Gasteiger partial charge on any atom is 0.241 e. The van der Waals surface area contributed by atoms with Crippen LogP contribution in [0.4, 0.5) is 5.69 Å². The highest BCUT2D eigenvalue weighted by atomic mass is 35.5. The molecule has 7 nitrogen and oxygen atoms in total. The molecule has 3 N–H and O–H groups in total. The Kier molecular flexibility index (Phi) is 6.61. The molecular formula is C21H19ClN2O5S. The van der Waals surface area contributed by atoms with Gasteiger partial charge < -0.3 is 14.8 Å². The van der Waals surface area contributed by atoms with Crippen molar-refractivity contribution in [3.8, 4) is 17.2 Å². The maximum absolute atomic E-state index is 12.4. The van der Waals surface area contributed by atoms with E-state index in [9.17, 15) is 13.2 Å². The Morgan fingerprint density at radius 3 is 2.33 bits per heavy atom. The van der Waals surface area contributed by atoms with Gasteiger partial charge in [0.2, 0.25) is 15.9 Å². The van der Waals surface area contributed by atoms with Crippen LogP contribution in [-0.4, -0.2) is 21.4 Å². The summed E-state index contributed by atoms with van der Waals surface area (Å²) in [7, 11) is -2.66. The summed E-state index contributed by atoms with van der Waals surface area (Å²) in [5, 5.41) is 8.47. The molecular weight excluding hydrogens is 428 g/mol. The van der Waals surface area contributed by atoms with Crippen molar-refractivity contribution in [1.29, 1.82) is 0 Å². The number of methoxy groups -OCH3 is 1. The Morgan fingerprint density at radius 2 is 1.67 bits per heavy atom. The molecule has 0 heterocycles. The molecule has 0 saturated heterocycles. The number of para-hydroxylation sites is 2. The summed E-state index contributed by atoms with van der Waals surface area (Å²) in [6, 6.07) is 17.9. The Labute approximate surface area is 179 Å². The van der Waals surface area contributed by atoms with Gasteiger partial charge in [-0.2, -0.15) is 0 Å². The molecule has 3 aromatic rings. The first-order valence-electron chi connectivity index (χ1n) is 8.79. The number of carbonyl (C=O) groups excluding carboxylic acids is 1. The molecule has 0 aliphatic rings. The van der Waals surface area contributed by atoms with Gasteiger partial charge in [0, 0.05) is 10.7 Å². The minimum atomic E-state index is -4.14. The van der Waals surface area contributed by atoms with Gasteiger partial charge in [-0.15, -0.1) is 0 Å². The van der Waals surface area contributed by atoms with Crippen LogP contribution in [-0.2, 0) is 21.2 Å². The predicted molar refractivity (Wildman–Crippen MR) is 115 cm³/mol. The zero-order chi connectivity index (χ0) is 21.7. The van der Waals surface area contributed by atoms with Crippen molar-refractivity contribution in [1.82, 2.24) is 0 Å². The van der Waals surface area contributed by atoms with Crippen LogP contribution in [0.5, 0.6) is 17.2 Å². The summed E-state index contributed by atoms with van der Waals surface area (Å²) in [6.45, 7) is 0. The number of benzene rings is 3. The van der Waals surface area contributed by atoms with E-state index >= 15 is 0 Å². The van der Waals surface area contributed by atoms with Crippen molar-refractivity contribution in [2.24, 2.45) is 5.14 Å². The lowest BCUT2D eigenvalue weighted by Crippen LogP contribution is -2.17. The second-order valence-corrected chi connectivity index (χ2v) is 8.21. The molecule has 30 heavy (non-hydrogen) atoms. The van der Waals surface area contributed by atoms with Gasteiger partial charge in [0.15, 0.2) is 11.5 Å². The fourth-order valence-corrected chi connectivity index (χ4v) is 3.62. The Bertz CT molecular complexity index is 1180. The first-order valence-corrected chi connectivity index (χ1v) is 10.7. The third kappa shape index (κ3) is 5.29. The lowest BCUT2D eigenvalue weighted by Gasteiger charge is -2.14. The molecule has 1 amide bonds. The minimum absolute atomic E-state index is 0.00565. The predicted octanol–water partition coefficient (Wildman–Crippen LogP) is 3.97. The maximum atomic E-state index is 12.4. The Morgan fingerprint density at radius 1 is 1.00 bits per heavy atom. The largest absolute Gasteiger partial charge is 0.493 e. The highest BCUT2D eigenvalue weighted by Gasteiger charge is 2.19. The van der Waals surface area contributed by atoms with E-state index in [1.165, 1.54) is 25.3 Å². The van der Waals surface area contributed by atoms with Gasteiger partial charge in [-0.25, -0.2) is 13.6 Å². The van der Waals surface area contributed by atoms with Crippen LogP contribution in [0.25, 0.3) is 0 Å². The number of anilines is 1. The van der Waals surface area contributed by atoms with Gasteiger partial charge >= 0.3 is 0 Å². The monoisotopic (exact) mass is 446 g/mol. The highest BCUT2D eigenvalue weighted by Crippen LogP contribution is 2.35. The molecule has 0 fully saturated rings. The molecule has 3 aromatic carbocycles. The summed E-state index contributed by atoms with van der Waals surface area (Å²) in [5.74, 6) is 0.392. The van der Waals surface area contributed by atoms with Crippen molar-refractivity contribution < 1.29 is 22.7 Å². The van der Waals surface area contributed by atoms with Crippen LogP contribution in [0.2, 0.25) is 5.02 Å². The van der Waals surface area contributed by atoms with Crippen molar-refractivity contribution in [3.63, 3.8) is 0 Å². The van der Waals surface area contributed by atoms with Crippen LogP contribution in [0.1, 0.15) is 5.56 Å². The zero-order valence-corrected chi connectivity index (χ0v) is 17.5. The lowest BCUT2D eigenvalue weighted by atomic mass is 10.1. The van der Waals surface area contributed by atoms with E-state index in [-0.39, 0.29) is 28.7 Å².